The van der Waals surface area contributed by atoms with Gasteiger partial charge in [-0.25, -0.2) is 14.8 Å². The molecule has 13 nitrogen and oxygen atoms in total. The number of fused-ring (bicyclic) bond motifs is 1. The van der Waals surface area contributed by atoms with Crippen LogP contribution >= 0.6 is 0 Å². The minimum absolute atomic E-state index is 0.0191. The molecule has 45 heavy (non-hydrogen) atoms. The number of nitrogens with two attached hydrogens (primary N) is 1. The van der Waals surface area contributed by atoms with Crippen molar-refractivity contribution in [3.05, 3.63) is 18.6 Å². The van der Waals surface area contributed by atoms with Gasteiger partial charge in [0.05, 0.1) is 23.3 Å². The molecule has 2 unspecified atom stereocenters. The third-order valence-electron chi connectivity index (χ3n) is 8.43. The van der Waals surface area contributed by atoms with Crippen LogP contribution in [0, 0.1) is 11.8 Å². The van der Waals surface area contributed by atoms with Gasteiger partial charge in [0, 0.05) is 31.4 Å². The number of likely N-dealkylation sites (tertiary alicyclic amines) is 2. The van der Waals surface area contributed by atoms with E-state index in [0.29, 0.717) is 5.82 Å². The van der Waals surface area contributed by atoms with Crippen molar-refractivity contribution < 1.29 is 34.1 Å². The number of carbonyl (C=O) groups is 3. The number of hydrogen-bond acceptors (Lipinski definition) is 9. The first-order chi connectivity index (χ1) is 21.0. The molecule has 5 heterocycles. The van der Waals surface area contributed by atoms with Crippen LogP contribution in [0.15, 0.2) is 18.6 Å². The van der Waals surface area contributed by atoms with Crippen LogP contribution in [0.5, 0.6) is 0 Å². The summed E-state index contributed by atoms with van der Waals surface area (Å²) >= 11 is 0. The van der Waals surface area contributed by atoms with Crippen molar-refractivity contribution in [2.75, 3.05) is 31.9 Å². The van der Waals surface area contributed by atoms with Gasteiger partial charge in [0.2, 0.25) is 0 Å². The molecule has 2 aromatic heterocycles. The monoisotopic (exact) mass is 632 g/mol. The van der Waals surface area contributed by atoms with E-state index in [2.05, 4.69) is 19.4 Å². The topological polar surface area (TPSA) is 173 Å². The maximum absolute atomic E-state index is 12.5. The molecule has 0 aromatic carbocycles. The number of aliphatic carboxylic acids is 2. The molecule has 3 aliphatic rings. The third kappa shape index (κ3) is 9.77. The van der Waals surface area contributed by atoms with Crippen molar-refractivity contribution in [1.82, 2.24) is 24.3 Å². The standard InChI is InChI=1S/C24H36N6O3.2C4H8O2/c1-23(2,3)33-22(31)28-13-9-24(10-14-28)8-4-11-29(24)15-17-5-6-19(32-17)30-12-7-18-20(25)26-16-27-21(18)30;2*1-3(2)4(5)6/h7,12,16-17,19H,4-6,8-11,13-15H2,1-3H3,(H2,25,26,27);2*3H,1-2H3,(H,5,6). The second-order valence-electron chi connectivity index (χ2n) is 13.7. The van der Waals surface area contributed by atoms with Crippen molar-refractivity contribution in [1.29, 1.82) is 0 Å². The van der Waals surface area contributed by atoms with Gasteiger partial charge in [0.25, 0.3) is 0 Å². The molecule has 1 spiro atoms. The van der Waals surface area contributed by atoms with Crippen LogP contribution in [-0.2, 0) is 19.1 Å². The number of piperidine rings is 1. The minimum Gasteiger partial charge on any atom is -0.481 e. The Balaban J connectivity index is 0.000000392. The highest BCUT2D eigenvalue weighted by Gasteiger charge is 2.45. The van der Waals surface area contributed by atoms with Crippen LogP contribution in [0.2, 0.25) is 0 Å². The zero-order chi connectivity index (χ0) is 33.5. The van der Waals surface area contributed by atoms with Crippen molar-refractivity contribution in [2.24, 2.45) is 11.8 Å². The molecule has 13 heteroatoms. The SMILES string of the molecule is CC(C)(C)OC(=O)N1CCC2(CCCN2CC2CCC(n3ccc4c(N)ncnc43)O2)CC1.CC(C)C(=O)O.CC(C)C(=O)O. The van der Waals surface area contributed by atoms with E-state index in [1.807, 2.05) is 37.9 Å². The van der Waals surface area contributed by atoms with Gasteiger partial charge in [0.15, 0.2) is 0 Å². The molecule has 252 valence electrons. The molecular weight excluding hydrogens is 580 g/mol. The molecule has 4 N–H and O–H groups in total. The Morgan fingerprint density at radius 1 is 1.02 bits per heavy atom. The Morgan fingerprint density at radius 3 is 2.18 bits per heavy atom. The first-order valence-electron chi connectivity index (χ1n) is 15.9. The molecule has 2 aromatic rings. The zero-order valence-electron chi connectivity index (χ0n) is 27.9. The fourth-order valence-corrected chi connectivity index (χ4v) is 5.77. The van der Waals surface area contributed by atoms with E-state index in [1.54, 1.807) is 27.7 Å². The van der Waals surface area contributed by atoms with Crippen molar-refractivity contribution >= 4 is 34.9 Å². The Morgan fingerprint density at radius 2 is 1.62 bits per heavy atom. The summed E-state index contributed by atoms with van der Waals surface area (Å²) in [5, 5.41) is 16.9. The average Bonchev–Trinajstić information content (AvgIpc) is 3.69. The van der Waals surface area contributed by atoms with Crippen LogP contribution in [-0.4, -0.2) is 96.0 Å². The van der Waals surface area contributed by atoms with Gasteiger partial charge in [-0.15, -0.1) is 0 Å². The Bertz CT molecular complexity index is 1280. The molecule has 0 saturated carbocycles. The van der Waals surface area contributed by atoms with Crippen LogP contribution in [0.4, 0.5) is 10.6 Å². The summed E-state index contributed by atoms with van der Waals surface area (Å²) in [6.45, 7) is 15.9. The summed E-state index contributed by atoms with van der Waals surface area (Å²) in [6, 6.07) is 1.97. The number of anilines is 1. The van der Waals surface area contributed by atoms with Gasteiger partial charge in [0.1, 0.15) is 29.6 Å². The third-order valence-corrected chi connectivity index (χ3v) is 8.43. The number of amides is 1. The number of carboxylic acid groups (broad SMARTS) is 2. The number of rotatable bonds is 5. The van der Waals surface area contributed by atoms with Crippen LogP contribution < -0.4 is 5.73 Å². The highest BCUT2D eigenvalue weighted by molar-refractivity contribution is 5.86. The number of carbonyl (C=O) groups excluding carboxylic acids is 1. The number of ether oxygens (including phenoxy) is 2. The van der Waals surface area contributed by atoms with Crippen LogP contribution in [0.1, 0.15) is 93.2 Å². The summed E-state index contributed by atoms with van der Waals surface area (Å²) in [5.41, 5.74) is 6.56. The van der Waals surface area contributed by atoms with Crippen molar-refractivity contribution in [2.45, 2.75) is 110 Å². The first kappa shape index (κ1) is 36.0. The van der Waals surface area contributed by atoms with Crippen LogP contribution in [0.3, 0.4) is 0 Å². The average molecular weight is 633 g/mol. The number of nitrogen functional groups attached to an aromatic ring is 1. The summed E-state index contributed by atoms with van der Waals surface area (Å²) in [5.74, 6) is -1.44. The summed E-state index contributed by atoms with van der Waals surface area (Å²) in [6.07, 6.45) is 9.91. The van der Waals surface area contributed by atoms with Crippen LogP contribution in [0.25, 0.3) is 11.0 Å². The van der Waals surface area contributed by atoms with Gasteiger partial charge in [-0.3, -0.25) is 14.5 Å². The second-order valence-corrected chi connectivity index (χ2v) is 13.7. The lowest BCUT2D eigenvalue weighted by Gasteiger charge is -2.45. The Kier molecular flexibility index (Phi) is 12.2. The molecule has 2 atom stereocenters. The highest BCUT2D eigenvalue weighted by Crippen LogP contribution is 2.40. The van der Waals surface area contributed by atoms with E-state index in [4.69, 9.17) is 25.4 Å². The quantitative estimate of drug-likeness (QED) is 0.404. The highest BCUT2D eigenvalue weighted by atomic mass is 16.6. The lowest BCUT2D eigenvalue weighted by molar-refractivity contribution is -0.141. The van der Waals surface area contributed by atoms with E-state index in [0.717, 1.165) is 62.9 Å². The molecule has 0 bridgehead atoms. The normalized spacial score (nSPS) is 21.4. The molecule has 5 rings (SSSR count). The molecule has 3 fully saturated rings. The second kappa shape index (κ2) is 15.2. The molecule has 0 aliphatic carbocycles. The van der Waals surface area contributed by atoms with E-state index >= 15 is 0 Å². The van der Waals surface area contributed by atoms with E-state index in [1.165, 1.54) is 19.2 Å². The predicted molar refractivity (Wildman–Crippen MR) is 171 cm³/mol. The van der Waals surface area contributed by atoms with Gasteiger partial charge in [-0.2, -0.15) is 0 Å². The molecule has 1 amide bonds. The maximum atomic E-state index is 12.5. The predicted octanol–water partition coefficient (Wildman–Crippen LogP) is 5.01. The summed E-state index contributed by atoms with van der Waals surface area (Å²) in [7, 11) is 0. The van der Waals surface area contributed by atoms with E-state index in [-0.39, 0.29) is 35.8 Å². The van der Waals surface area contributed by atoms with Crippen molar-refractivity contribution in [3.63, 3.8) is 0 Å². The Labute approximate surface area is 266 Å². The summed E-state index contributed by atoms with van der Waals surface area (Å²) < 4.78 is 14.2. The number of nitrogens with zero attached hydrogens (tertiary/aromatic N) is 5. The molecule has 3 aliphatic heterocycles. The molecular formula is C32H52N6O7. The maximum Gasteiger partial charge on any atom is 0.410 e. The van der Waals surface area contributed by atoms with E-state index < -0.39 is 17.5 Å². The first-order valence-corrected chi connectivity index (χ1v) is 15.9. The van der Waals surface area contributed by atoms with E-state index in [9.17, 15) is 14.4 Å². The largest absolute Gasteiger partial charge is 0.481 e. The van der Waals surface area contributed by atoms with Crippen molar-refractivity contribution in [3.8, 4) is 0 Å². The number of carboxylic acids is 2. The Hall–Kier alpha value is -3.45. The van der Waals surface area contributed by atoms with Gasteiger partial charge in [-0.05, 0) is 71.9 Å². The molecule has 3 saturated heterocycles. The fourth-order valence-electron chi connectivity index (χ4n) is 5.77. The van der Waals surface area contributed by atoms with Gasteiger partial charge >= 0.3 is 18.0 Å². The molecule has 0 radical (unpaired) electrons. The van der Waals surface area contributed by atoms with Gasteiger partial charge < -0.3 is 34.9 Å². The minimum atomic E-state index is -0.741. The fraction of sp³-hybridized carbons (Fsp3) is 0.719. The number of hydrogen-bond donors (Lipinski definition) is 3. The number of aromatic nitrogens is 3. The lowest BCUT2D eigenvalue weighted by atomic mass is 9.85. The van der Waals surface area contributed by atoms with Gasteiger partial charge in [-0.1, -0.05) is 27.7 Å². The summed E-state index contributed by atoms with van der Waals surface area (Å²) in [4.78, 5) is 44.9. The lowest BCUT2D eigenvalue weighted by Crippen LogP contribution is -2.55. The zero-order valence-corrected chi connectivity index (χ0v) is 27.9. The smallest absolute Gasteiger partial charge is 0.410 e.